The van der Waals surface area contributed by atoms with Crippen LogP contribution in [0, 0.1) is 35.5 Å². The van der Waals surface area contributed by atoms with E-state index in [0.29, 0.717) is 63.4 Å². The van der Waals surface area contributed by atoms with Crippen molar-refractivity contribution in [2.75, 3.05) is 41.2 Å². The Bertz CT molecular complexity index is 1940. The van der Waals surface area contributed by atoms with Crippen molar-refractivity contribution in [3.05, 3.63) is 47.6 Å². The second kappa shape index (κ2) is 29.1. The Kier molecular flexibility index (Phi) is 26.2. The van der Waals surface area contributed by atoms with Crippen molar-refractivity contribution >= 4 is 36.6 Å². The minimum Gasteiger partial charge on any atom is -0.460 e. The van der Waals surface area contributed by atoms with Gasteiger partial charge in [0.05, 0.1) is 24.4 Å². The molecule has 1 saturated carbocycles. The van der Waals surface area contributed by atoms with Crippen LogP contribution in [0.2, 0.25) is 0 Å². The van der Waals surface area contributed by atoms with Crippen LogP contribution in [-0.2, 0) is 56.7 Å². The van der Waals surface area contributed by atoms with Crippen LogP contribution in [0.3, 0.4) is 0 Å². The number of piperidine rings is 1. The summed E-state index contributed by atoms with van der Waals surface area (Å²) in [5.41, 5.74) is 1.25. The Balaban J connectivity index is 0.00000864. The van der Waals surface area contributed by atoms with Gasteiger partial charge in [0.15, 0.2) is 13.2 Å². The third-order valence-corrected chi connectivity index (χ3v) is 15.6. The fraction of sp³-hybridized carbons (Fsp3) is 0.764. The summed E-state index contributed by atoms with van der Waals surface area (Å²) in [5.74, 6) is -8.11. The van der Waals surface area contributed by atoms with Crippen molar-refractivity contribution in [2.45, 2.75) is 195 Å². The molecule has 15 nitrogen and oxygen atoms in total. The molecule has 4 rings (SSSR count). The van der Waals surface area contributed by atoms with Gasteiger partial charge in [0, 0.05) is 71.8 Å². The number of hydrogen-bond acceptors (Lipinski definition) is 14. The number of fused-ring (bicyclic) bond motifs is 3. The molecule has 0 aromatic heterocycles. The van der Waals surface area contributed by atoms with E-state index in [2.05, 4.69) is 0 Å². The highest BCUT2D eigenvalue weighted by molar-refractivity contribution is 7.57. The lowest BCUT2D eigenvalue weighted by Gasteiger charge is -2.42. The number of methoxy groups -OCH3 is 3. The van der Waals surface area contributed by atoms with Gasteiger partial charge in [0.2, 0.25) is 5.79 Å². The van der Waals surface area contributed by atoms with Crippen LogP contribution in [0.1, 0.15) is 140 Å². The molecule has 3 heterocycles. The maximum atomic E-state index is 14.5. The average Bonchev–Trinajstić information content (AvgIpc) is 3.30. The number of ketones is 3. The molecule has 0 unspecified atom stereocenters. The maximum absolute atomic E-state index is 14.5. The van der Waals surface area contributed by atoms with Gasteiger partial charge in [-0.3, -0.25) is 23.7 Å². The number of aliphatic hydroxyl groups is 2. The molecule has 2 saturated heterocycles. The van der Waals surface area contributed by atoms with Crippen molar-refractivity contribution < 1.29 is 67.0 Å². The van der Waals surface area contributed by atoms with Gasteiger partial charge in [-0.05, 0) is 107 Å². The van der Waals surface area contributed by atoms with E-state index in [1.165, 1.54) is 12.0 Å². The molecular formula is C55H92NO14P. The SMILES string of the molecule is C.C.CO[C@H]1C[C@@H]2CC[C@@H](C)[C@@](O)(O2)C(=O)C(=O)N2CCCC[C@H]2C(=O)O[C@H]([C@H](C)C[C@@H]2CC[C@@H](OP(C)(C)=O)[C@H](OC)C2)CC(=O)[C@H](C)/C=C(\C)[C@@H](O)[C@@H](OC)C(=O)[C@H](C)C[C@H](C)/C=C/C=C/C=C/1C. The first-order valence-electron chi connectivity index (χ1n) is 25.2. The molecule has 0 aromatic rings. The smallest absolute Gasteiger partial charge is 0.329 e. The number of allylic oxidation sites excluding steroid dienone is 6. The van der Waals surface area contributed by atoms with Gasteiger partial charge in [0.25, 0.3) is 11.7 Å². The zero-order valence-corrected chi connectivity index (χ0v) is 44.3. The highest BCUT2D eigenvalue weighted by Gasteiger charge is 2.53. The van der Waals surface area contributed by atoms with E-state index in [1.807, 2.05) is 58.1 Å². The number of esters is 1. The fourth-order valence-electron chi connectivity index (χ4n) is 10.5. The summed E-state index contributed by atoms with van der Waals surface area (Å²) < 4.78 is 48.2. The van der Waals surface area contributed by atoms with E-state index in [-0.39, 0.29) is 75.8 Å². The quantitative estimate of drug-likeness (QED) is 0.101. The average molecular weight is 1020 g/mol. The van der Waals surface area contributed by atoms with Gasteiger partial charge in [-0.25, -0.2) is 4.79 Å². The minimum absolute atomic E-state index is 0. The molecule has 0 radical (unpaired) electrons. The second-order valence-electron chi connectivity index (χ2n) is 20.9. The van der Waals surface area contributed by atoms with Gasteiger partial charge in [-0.1, -0.05) is 85.9 Å². The number of nitrogens with zero attached hydrogens (tertiary/aromatic N) is 1. The lowest BCUT2D eigenvalue weighted by Crippen LogP contribution is -2.61. The van der Waals surface area contributed by atoms with Crippen LogP contribution >= 0.6 is 7.37 Å². The molecule has 16 heteroatoms. The number of cyclic esters (lactones) is 1. The predicted octanol–water partition coefficient (Wildman–Crippen LogP) is 9.01. The van der Waals surface area contributed by atoms with Gasteiger partial charge in [-0.15, -0.1) is 0 Å². The third-order valence-electron chi connectivity index (χ3n) is 14.8. The van der Waals surface area contributed by atoms with Crippen molar-refractivity contribution in [3.63, 3.8) is 0 Å². The molecule has 406 valence electrons. The van der Waals surface area contributed by atoms with E-state index < -0.39 is 85.1 Å². The molecule has 0 aromatic carbocycles. The van der Waals surface area contributed by atoms with Crippen LogP contribution < -0.4 is 0 Å². The molecule has 2 N–H and O–H groups in total. The molecule has 2 bridgehead atoms. The molecule has 3 aliphatic heterocycles. The van der Waals surface area contributed by atoms with Crippen molar-refractivity contribution in [2.24, 2.45) is 35.5 Å². The van der Waals surface area contributed by atoms with E-state index in [9.17, 15) is 38.8 Å². The number of rotatable bonds is 8. The number of carbonyl (C=O) groups is 5. The Morgan fingerprint density at radius 1 is 0.845 bits per heavy atom. The highest BCUT2D eigenvalue weighted by atomic mass is 31.2. The first-order valence-corrected chi connectivity index (χ1v) is 27.7. The molecule has 1 aliphatic carbocycles. The minimum atomic E-state index is -2.79. The number of Topliss-reactive ketones (excluding diaryl/α,β-unsaturated/α-hetero) is 3. The van der Waals surface area contributed by atoms with Crippen molar-refractivity contribution in [3.8, 4) is 0 Å². The molecule has 71 heavy (non-hydrogen) atoms. The summed E-state index contributed by atoms with van der Waals surface area (Å²) >= 11 is 0. The fourth-order valence-corrected chi connectivity index (χ4v) is 11.4. The zero-order valence-electron chi connectivity index (χ0n) is 43.4. The highest BCUT2D eigenvalue weighted by Crippen LogP contribution is 2.45. The van der Waals surface area contributed by atoms with E-state index in [4.69, 9.17) is 28.2 Å². The molecule has 4 aliphatic rings. The molecule has 0 spiro atoms. The van der Waals surface area contributed by atoms with Gasteiger partial charge in [0.1, 0.15) is 30.1 Å². The standard InChI is InChI=1S/C53H84NO14P.2CH4/c1-32-18-14-13-15-19-33(2)44(63-8)30-40-23-21-38(7)53(61,67-40)50(58)51(59)54-25-17-16-20-41(54)52(60)66-45(35(4)28-39-22-24-43(46(29-39)64-9)68-69(11,12)62)31-42(55)34(3)27-37(6)48(57)49(65-10)47(56)36(5)26-32;;/h13-15,18-19,27,32,34-36,38-41,43-46,48-49,57,61H,16-17,20-26,28-31H2,1-12H3;2*1H4/b15-13+,18-14+,33-19+,37-27+;;/t32-,34-,35-,36-,38-,39+,40+,41+,43-,44+,45+,46-,48-,49+,53-;;/m1../s1. The van der Waals surface area contributed by atoms with Crippen LogP contribution in [-0.4, -0.2) is 140 Å². The number of carbonyl (C=O) groups excluding carboxylic acids is 5. The van der Waals surface area contributed by atoms with Crippen molar-refractivity contribution in [1.29, 1.82) is 0 Å². The molecule has 15 atom stereocenters. The lowest BCUT2D eigenvalue weighted by molar-refractivity contribution is -0.265. The van der Waals surface area contributed by atoms with Crippen LogP contribution in [0.15, 0.2) is 47.6 Å². The Hall–Kier alpha value is -3.14. The van der Waals surface area contributed by atoms with Gasteiger partial charge < -0.3 is 43.3 Å². The maximum Gasteiger partial charge on any atom is 0.329 e. The molecule has 1 amide bonds. The number of ether oxygens (including phenoxy) is 5. The Labute approximate surface area is 426 Å². The third kappa shape index (κ3) is 17.8. The van der Waals surface area contributed by atoms with Crippen LogP contribution in [0.4, 0.5) is 0 Å². The van der Waals surface area contributed by atoms with Crippen molar-refractivity contribution in [1.82, 2.24) is 4.90 Å². The summed E-state index contributed by atoms with van der Waals surface area (Å²) in [6.45, 7) is 15.9. The topological polar surface area (TPSA) is 201 Å². The second-order valence-corrected chi connectivity index (χ2v) is 23.6. The van der Waals surface area contributed by atoms with E-state index in [0.717, 1.165) is 12.0 Å². The largest absolute Gasteiger partial charge is 0.460 e. The summed E-state index contributed by atoms with van der Waals surface area (Å²) in [6, 6.07) is -1.16. The zero-order chi connectivity index (χ0) is 51.4. The Morgan fingerprint density at radius 2 is 1.54 bits per heavy atom. The van der Waals surface area contributed by atoms with Gasteiger partial charge >= 0.3 is 5.97 Å². The normalized spacial score (nSPS) is 37.9. The first-order chi connectivity index (χ1) is 32.4. The van der Waals surface area contributed by atoms with E-state index >= 15 is 0 Å². The molecular weight excluding hydrogens is 930 g/mol. The first kappa shape index (κ1) is 64.0. The lowest BCUT2D eigenvalue weighted by atomic mass is 9.78. The van der Waals surface area contributed by atoms with E-state index in [1.54, 1.807) is 54.4 Å². The van der Waals surface area contributed by atoms with Crippen LogP contribution in [0.25, 0.3) is 0 Å². The summed E-state index contributed by atoms with van der Waals surface area (Å²) in [5, 5.41) is 23.5. The number of aliphatic hydroxyl groups excluding tert-OH is 1. The van der Waals surface area contributed by atoms with Gasteiger partial charge in [-0.2, -0.15) is 0 Å². The predicted molar refractivity (Wildman–Crippen MR) is 277 cm³/mol. The Morgan fingerprint density at radius 3 is 2.17 bits per heavy atom. The monoisotopic (exact) mass is 1020 g/mol. The number of amides is 1. The summed E-state index contributed by atoms with van der Waals surface area (Å²) in [4.78, 5) is 72.2. The summed E-state index contributed by atoms with van der Waals surface area (Å²) in [7, 11) is 1.76. The molecule has 3 fully saturated rings. The summed E-state index contributed by atoms with van der Waals surface area (Å²) in [6.07, 6.45) is 11.4. The number of hydrogen-bond donors (Lipinski definition) is 2. The van der Waals surface area contributed by atoms with Crippen LogP contribution in [0.5, 0.6) is 0 Å².